The first-order valence-electron chi connectivity index (χ1n) is 3.19. The number of ketones is 1. The molecule has 1 aromatic rings. The van der Waals surface area contributed by atoms with Crippen LogP contribution in [0.5, 0.6) is 0 Å². The molecule has 0 aliphatic heterocycles. The van der Waals surface area contributed by atoms with E-state index in [0.29, 0.717) is 0 Å². The zero-order chi connectivity index (χ0) is 6.97. The molecule has 2 heteroatoms. The Hall–Kier alpha value is -0.773. The number of carbonyl (C=O) groups is 1. The van der Waals surface area contributed by atoms with Gasteiger partial charge in [-0.15, -0.1) is 0 Å². The fraction of sp³-hybridized carbons (Fsp3) is 0. The number of hydrogen-bond donors (Lipinski definition) is 0. The summed E-state index contributed by atoms with van der Waals surface area (Å²) in [7, 11) is 0. The van der Waals surface area contributed by atoms with E-state index in [-0.39, 0.29) is 24.6 Å². The van der Waals surface area contributed by atoms with Crippen LogP contribution in [-0.2, 0) is 0 Å². The molecule has 1 nitrogen and oxygen atoms in total. The van der Waals surface area contributed by atoms with Gasteiger partial charge >= 0.3 is 18.9 Å². The van der Waals surface area contributed by atoms with Gasteiger partial charge in [-0.1, -0.05) is 30.3 Å². The summed E-state index contributed by atoms with van der Waals surface area (Å²) in [5.74, 6) is 0.121. The van der Waals surface area contributed by atoms with Crippen molar-refractivity contribution in [1.82, 2.24) is 0 Å². The van der Waals surface area contributed by atoms with Crippen molar-refractivity contribution in [3.05, 3.63) is 41.5 Å². The molecule has 0 heterocycles. The summed E-state index contributed by atoms with van der Waals surface area (Å²) in [4.78, 5) is 11.0. The molecule has 0 radical (unpaired) electrons. The predicted molar refractivity (Wildman–Crippen MR) is 47.0 cm³/mol. The van der Waals surface area contributed by atoms with E-state index in [1.807, 2.05) is 30.3 Å². The average molecular weight is 138 g/mol. The zero-order valence-corrected chi connectivity index (χ0v) is 5.37. The van der Waals surface area contributed by atoms with Gasteiger partial charge in [-0.05, 0) is 11.6 Å². The van der Waals surface area contributed by atoms with Crippen LogP contribution in [0.25, 0.3) is 6.08 Å². The van der Waals surface area contributed by atoms with Crippen molar-refractivity contribution in [2.24, 2.45) is 0 Å². The van der Waals surface area contributed by atoms with Crippen LogP contribution in [0.15, 0.2) is 30.3 Å². The second kappa shape index (κ2) is 3.09. The van der Waals surface area contributed by atoms with Gasteiger partial charge in [0.1, 0.15) is 0 Å². The standard InChI is InChI=1S/C9H6O.Li.H/c10-9-6-5-7-3-1-2-4-8(7)9;;/h1-6H;;. The minimum absolute atomic E-state index is 0. The molecular weight excluding hydrogens is 131 g/mol. The summed E-state index contributed by atoms with van der Waals surface area (Å²) in [5.41, 5.74) is 1.86. The molecule has 0 N–H and O–H groups in total. The van der Waals surface area contributed by atoms with Gasteiger partial charge < -0.3 is 0 Å². The molecule has 0 spiro atoms. The number of allylic oxidation sites excluding steroid dienone is 1. The van der Waals surface area contributed by atoms with E-state index in [0.717, 1.165) is 11.1 Å². The van der Waals surface area contributed by atoms with Crippen LogP contribution >= 0.6 is 0 Å². The van der Waals surface area contributed by atoms with Gasteiger partial charge in [-0.2, -0.15) is 0 Å². The van der Waals surface area contributed by atoms with Crippen LogP contribution in [-0.4, -0.2) is 24.6 Å². The summed E-state index contributed by atoms with van der Waals surface area (Å²) in [6.07, 6.45) is 3.45. The maximum absolute atomic E-state index is 11.0. The summed E-state index contributed by atoms with van der Waals surface area (Å²) in [6, 6.07) is 7.60. The van der Waals surface area contributed by atoms with Gasteiger partial charge in [0.25, 0.3) is 0 Å². The quantitative estimate of drug-likeness (QED) is 0.493. The number of benzene rings is 1. The number of rotatable bonds is 0. The monoisotopic (exact) mass is 138 g/mol. The third-order valence-electron chi connectivity index (χ3n) is 1.64. The number of hydrogen-bond acceptors (Lipinski definition) is 1. The molecule has 0 atom stereocenters. The molecule has 0 fully saturated rings. The molecule has 0 bridgehead atoms. The molecule has 50 valence electrons. The third-order valence-corrected chi connectivity index (χ3v) is 1.64. The summed E-state index contributed by atoms with van der Waals surface area (Å²) in [6.45, 7) is 0. The van der Waals surface area contributed by atoms with Crippen molar-refractivity contribution in [2.75, 3.05) is 0 Å². The van der Waals surface area contributed by atoms with Crippen LogP contribution in [0.4, 0.5) is 0 Å². The fourth-order valence-corrected chi connectivity index (χ4v) is 1.12. The molecular formula is C9H7LiO. The Labute approximate surface area is 77.3 Å². The van der Waals surface area contributed by atoms with Crippen molar-refractivity contribution < 1.29 is 4.79 Å². The van der Waals surface area contributed by atoms with Crippen LogP contribution < -0.4 is 0 Å². The molecule has 0 unspecified atom stereocenters. The molecule has 1 aliphatic carbocycles. The van der Waals surface area contributed by atoms with Crippen LogP contribution in [0, 0.1) is 0 Å². The molecule has 1 aromatic carbocycles. The number of carbonyl (C=O) groups excluding carboxylic acids is 1. The number of fused-ring (bicyclic) bond motifs is 1. The minimum atomic E-state index is 0. The van der Waals surface area contributed by atoms with Crippen LogP contribution in [0.1, 0.15) is 15.9 Å². The predicted octanol–water partition coefficient (Wildman–Crippen LogP) is 1.25. The molecule has 0 saturated carbocycles. The Morgan fingerprint density at radius 2 is 1.73 bits per heavy atom. The Kier molecular flexibility index (Phi) is 2.34. The molecule has 1 aliphatic rings. The molecule has 0 amide bonds. The first-order chi connectivity index (χ1) is 4.88. The van der Waals surface area contributed by atoms with Gasteiger partial charge in [0.05, 0.1) is 0 Å². The summed E-state index contributed by atoms with van der Waals surface area (Å²) < 4.78 is 0. The summed E-state index contributed by atoms with van der Waals surface area (Å²) >= 11 is 0. The fourth-order valence-electron chi connectivity index (χ4n) is 1.12. The van der Waals surface area contributed by atoms with Gasteiger partial charge in [0, 0.05) is 5.56 Å². The van der Waals surface area contributed by atoms with Crippen molar-refractivity contribution >= 4 is 30.7 Å². The summed E-state index contributed by atoms with van der Waals surface area (Å²) in [5, 5.41) is 0. The molecule has 11 heavy (non-hydrogen) atoms. The van der Waals surface area contributed by atoms with Gasteiger partial charge in [0.2, 0.25) is 0 Å². The van der Waals surface area contributed by atoms with E-state index in [9.17, 15) is 4.79 Å². The normalized spacial score (nSPS) is 12.5. The SMILES string of the molecule is O=C1C=Cc2ccccc21.[LiH]. The Morgan fingerprint density at radius 3 is 2.45 bits per heavy atom. The Bertz CT molecular complexity index is 315. The zero-order valence-electron chi connectivity index (χ0n) is 5.37. The van der Waals surface area contributed by atoms with Gasteiger partial charge in [0.15, 0.2) is 5.78 Å². The van der Waals surface area contributed by atoms with E-state index in [2.05, 4.69) is 0 Å². The third kappa shape index (κ3) is 1.30. The Balaban J connectivity index is 0.000000605. The van der Waals surface area contributed by atoms with Crippen molar-refractivity contribution in [3.63, 3.8) is 0 Å². The molecule has 0 aromatic heterocycles. The first-order valence-corrected chi connectivity index (χ1v) is 3.19. The van der Waals surface area contributed by atoms with Gasteiger partial charge in [-0.25, -0.2) is 0 Å². The van der Waals surface area contributed by atoms with Crippen LogP contribution in [0.2, 0.25) is 0 Å². The Morgan fingerprint density at radius 1 is 1.00 bits per heavy atom. The van der Waals surface area contributed by atoms with E-state index in [1.54, 1.807) is 6.08 Å². The molecule has 0 saturated heterocycles. The second-order valence-electron chi connectivity index (χ2n) is 2.28. The van der Waals surface area contributed by atoms with Crippen LogP contribution in [0.3, 0.4) is 0 Å². The average Bonchev–Trinajstić information content (AvgIpc) is 2.34. The molecule has 2 rings (SSSR count). The van der Waals surface area contributed by atoms with E-state index >= 15 is 0 Å². The van der Waals surface area contributed by atoms with E-state index in [1.165, 1.54) is 0 Å². The van der Waals surface area contributed by atoms with Gasteiger partial charge in [-0.3, -0.25) is 4.79 Å². The topological polar surface area (TPSA) is 17.1 Å². The van der Waals surface area contributed by atoms with Crippen molar-refractivity contribution in [2.45, 2.75) is 0 Å². The maximum atomic E-state index is 11.0. The van der Waals surface area contributed by atoms with Crippen molar-refractivity contribution in [1.29, 1.82) is 0 Å². The first kappa shape index (κ1) is 8.33. The van der Waals surface area contributed by atoms with E-state index in [4.69, 9.17) is 0 Å². The van der Waals surface area contributed by atoms with E-state index < -0.39 is 0 Å². The van der Waals surface area contributed by atoms with Crippen molar-refractivity contribution in [3.8, 4) is 0 Å². The second-order valence-corrected chi connectivity index (χ2v) is 2.28.